The summed E-state index contributed by atoms with van der Waals surface area (Å²) in [6, 6.07) is 19.7. The van der Waals surface area contributed by atoms with Crippen LogP contribution in [0.25, 0.3) is 44.5 Å². The minimum absolute atomic E-state index is 0.0138. The number of halogens is 1. The highest BCUT2D eigenvalue weighted by Gasteiger charge is 2.16. The second-order valence-electron chi connectivity index (χ2n) is 9.82. The summed E-state index contributed by atoms with van der Waals surface area (Å²) in [6.07, 6.45) is 4.15. The largest absolute Gasteiger partial charge is 0.338 e. The summed E-state index contributed by atoms with van der Waals surface area (Å²) in [5, 5.41) is 1.34. The zero-order valence-corrected chi connectivity index (χ0v) is 21.0. The second kappa shape index (κ2) is 9.52. The Bertz CT molecular complexity index is 1600. The van der Waals surface area contributed by atoms with Crippen molar-refractivity contribution in [1.82, 2.24) is 24.4 Å². The van der Waals surface area contributed by atoms with Crippen molar-refractivity contribution in [3.63, 3.8) is 0 Å². The lowest BCUT2D eigenvalue weighted by molar-refractivity contribution is 0.186. The van der Waals surface area contributed by atoms with Crippen LogP contribution in [0.15, 0.2) is 71.8 Å². The van der Waals surface area contributed by atoms with E-state index in [9.17, 15) is 4.79 Å². The van der Waals surface area contributed by atoms with E-state index < -0.39 is 0 Å². The van der Waals surface area contributed by atoms with E-state index in [1.54, 1.807) is 10.9 Å². The van der Waals surface area contributed by atoms with Gasteiger partial charge in [0.05, 0.1) is 28.3 Å². The van der Waals surface area contributed by atoms with Crippen LogP contribution in [0.3, 0.4) is 0 Å². The maximum atomic E-state index is 13.3. The molecule has 0 unspecified atom stereocenters. The fourth-order valence-corrected chi connectivity index (χ4v) is 5.09. The molecule has 7 heteroatoms. The van der Waals surface area contributed by atoms with Crippen LogP contribution in [0.1, 0.15) is 19.8 Å². The van der Waals surface area contributed by atoms with Crippen LogP contribution in [-0.4, -0.2) is 44.1 Å². The number of piperidine rings is 1. The quantitative estimate of drug-likeness (QED) is 0.324. The van der Waals surface area contributed by atoms with Gasteiger partial charge < -0.3 is 9.88 Å². The number of aromatic amines is 1. The van der Waals surface area contributed by atoms with Crippen LogP contribution in [0.2, 0.25) is 5.02 Å². The van der Waals surface area contributed by atoms with Crippen molar-refractivity contribution in [2.75, 3.05) is 19.6 Å². The SMILES string of the molecule is CC1CCN(CCn2cnc3ccc(-c4ccc5nc(-c6ccc(Cl)cc6)[nH]c5c4)cc3c2=O)CC1. The smallest absolute Gasteiger partial charge is 0.261 e. The number of rotatable bonds is 5. The van der Waals surface area contributed by atoms with Crippen molar-refractivity contribution >= 4 is 33.5 Å². The number of nitrogens with zero attached hydrogens (tertiary/aromatic N) is 4. The predicted octanol–water partition coefficient (Wildman–Crippen LogP) is 5.99. The van der Waals surface area contributed by atoms with Gasteiger partial charge in [-0.2, -0.15) is 0 Å². The summed E-state index contributed by atoms with van der Waals surface area (Å²) in [5.41, 5.74) is 5.55. The van der Waals surface area contributed by atoms with Gasteiger partial charge >= 0.3 is 0 Å². The third kappa shape index (κ3) is 4.54. The monoisotopic (exact) mass is 497 g/mol. The van der Waals surface area contributed by atoms with E-state index >= 15 is 0 Å². The highest BCUT2D eigenvalue weighted by atomic mass is 35.5. The maximum Gasteiger partial charge on any atom is 0.261 e. The first-order valence-corrected chi connectivity index (χ1v) is 12.9. The van der Waals surface area contributed by atoms with E-state index in [0.29, 0.717) is 17.0 Å². The van der Waals surface area contributed by atoms with Crippen LogP contribution in [-0.2, 0) is 6.54 Å². The number of benzene rings is 3. The number of imidazole rings is 1. The van der Waals surface area contributed by atoms with Crippen molar-refractivity contribution in [1.29, 1.82) is 0 Å². The molecular formula is C29H28ClN5O. The first-order chi connectivity index (χ1) is 17.5. The van der Waals surface area contributed by atoms with Crippen molar-refractivity contribution in [3.8, 4) is 22.5 Å². The fourth-order valence-electron chi connectivity index (χ4n) is 4.97. The highest BCUT2D eigenvalue weighted by Crippen LogP contribution is 2.28. The maximum absolute atomic E-state index is 13.3. The third-order valence-corrected chi connectivity index (χ3v) is 7.54. The van der Waals surface area contributed by atoms with E-state index in [1.807, 2.05) is 54.6 Å². The lowest BCUT2D eigenvalue weighted by Gasteiger charge is -2.30. The Labute approximate surface area is 214 Å². The van der Waals surface area contributed by atoms with Crippen molar-refractivity contribution in [2.45, 2.75) is 26.3 Å². The van der Waals surface area contributed by atoms with Gasteiger partial charge in [-0.1, -0.05) is 30.7 Å². The van der Waals surface area contributed by atoms with Gasteiger partial charge in [0.1, 0.15) is 5.82 Å². The molecular weight excluding hydrogens is 470 g/mol. The molecule has 3 heterocycles. The molecule has 0 aliphatic carbocycles. The van der Waals surface area contributed by atoms with Gasteiger partial charge in [0.2, 0.25) is 0 Å². The second-order valence-corrected chi connectivity index (χ2v) is 10.3. The molecule has 0 saturated carbocycles. The van der Waals surface area contributed by atoms with Crippen molar-refractivity contribution < 1.29 is 0 Å². The van der Waals surface area contributed by atoms with Gasteiger partial charge in [-0.3, -0.25) is 9.36 Å². The molecule has 0 bridgehead atoms. The van der Waals surface area contributed by atoms with Gasteiger partial charge in [0.25, 0.3) is 5.56 Å². The lowest BCUT2D eigenvalue weighted by Crippen LogP contribution is -2.36. The average Bonchev–Trinajstić information content (AvgIpc) is 3.33. The van der Waals surface area contributed by atoms with E-state index in [2.05, 4.69) is 27.9 Å². The minimum Gasteiger partial charge on any atom is -0.338 e. The molecule has 36 heavy (non-hydrogen) atoms. The molecule has 0 spiro atoms. The number of hydrogen-bond acceptors (Lipinski definition) is 4. The molecule has 0 atom stereocenters. The summed E-state index contributed by atoms with van der Waals surface area (Å²) in [5.74, 6) is 1.60. The van der Waals surface area contributed by atoms with E-state index in [1.165, 1.54) is 12.8 Å². The number of likely N-dealkylation sites (tertiary alicyclic amines) is 1. The molecule has 0 radical (unpaired) electrons. The van der Waals surface area contributed by atoms with E-state index in [4.69, 9.17) is 16.6 Å². The molecule has 1 fully saturated rings. The topological polar surface area (TPSA) is 66.8 Å². The van der Waals surface area contributed by atoms with Crippen molar-refractivity contribution in [2.24, 2.45) is 5.92 Å². The number of aromatic nitrogens is 4. The molecule has 6 rings (SSSR count). The third-order valence-electron chi connectivity index (χ3n) is 7.29. The number of H-pyrrole nitrogens is 1. The standard InChI is InChI=1S/C29H28ClN5O/c1-19-10-12-34(13-11-19)14-15-35-18-31-25-8-4-21(16-24(25)29(35)36)22-5-9-26-27(17-22)33-28(32-26)20-2-6-23(30)7-3-20/h2-9,16-19H,10-15H2,1H3,(H,32,33). The Morgan fingerprint density at radius 1 is 0.917 bits per heavy atom. The molecule has 0 amide bonds. The first-order valence-electron chi connectivity index (χ1n) is 12.5. The Morgan fingerprint density at radius 2 is 1.61 bits per heavy atom. The fraction of sp³-hybridized carbons (Fsp3) is 0.276. The summed E-state index contributed by atoms with van der Waals surface area (Å²) in [4.78, 5) is 28.5. The van der Waals surface area contributed by atoms with Crippen LogP contribution in [0.5, 0.6) is 0 Å². The minimum atomic E-state index is 0.0138. The van der Waals surface area contributed by atoms with Gasteiger partial charge in [-0.05, 0) is 91.5 Å². The summed E-state index contributed by atoms with van der Waals surface area (Å²) >= 11 is 6.03. The summed E-state index contributed by atoms with van der Waals surface area (Å²) < 4.78 is 1.75. The van der Waals surface area contributed by atoms with E-state index in [-0.39, 0.29) is 5.56 Å². The zero-order valence-electron chi connectivity index (χ0n) is 20.2. The molecule has 2 aromatic heterocycles. The number of nitrogens with one attached hydrogen (secondary N) is 1. The molecule has 5 aromatic rings. The van der Waals surface area contributed by atoms with E-state index in [0.717, 1.165) is 64.6 Å². The molecule has 1 N–H and O–H groups in total. The normalized spacial score (nSPS) is 15.2. The highest BCUT2D eigenvalue weighted by molar-refractivity contribution is 6.30. The van der Waals surface area contributed by atoms with Gasteiger partial charge in [-0.25, -0.2) is 9.97 Å². The van der Waals surface area contributed by atoms with Gasteiger partial charge in [0, 0.05) is 23.7 Å². The zero-order chi connectivity index (χ0) is 24.6. The first kappa shape index (κ1) is 23.0. The summed E-state index contributed by atoms with van der Waals surface area (Å²) in [7, 11) is 0. The average molecular weight is 498 g/mol. The van der Waals surface area contributed by atoms with Crippen LogP contribution < -0.4 is 5.56 Å². The lowest BCUT2D eigenvalue weighted by atomic mass is 9.99. The number of fused-ring (bicyclic) bond motifs is 2. The Balaban J connectivity index is 1.28. The number of hydrogen-bond donors (Lipinski definition) is 1. The van der Waals surface area contributed by atoms with Crippen LogP contribution >= 0.6 is 11.6 Å². The Kier molecular flexibility index (Phi) is 6.07. The molecule has 1 aliphatic rings. The molecule has 182 valence electrons. The molecule has 6 nitrogen and oxygen atoms in total. The summed E-state index contributed by atoms with van der Waals surface area (Å²) in [6.45, 7) is 6.07. The van der Waals surface area contributed by atoms with Gasteiger partial charge in [-0.15, -0.1) is 0 Å². The van der Waals surface area contributed by atoms with Crippen LogP contribution in [0, 0.1) is 5.92 Å². The van der Waals surface area contributed by atoms with Crippen molar-refractivity contribution in [3.05, 3.63) is 82.4 Å². The predicted molar refractivity (Wildman–Crippen MR) is 146 cm³/mol. The Hall–Kier alpha value is -3.48. The van der Waals surface area contributed by atoms with Crippen LogP contribution in [0.4, 0.5) is 0 Å². The molecule has 1 aliphatic heterocycles. The van der Waals surface area contributed by atoms with Gasteiger partial charge in [0.15, 0.2) is 0 Å². The molecule has 1 saturated heterocycles. The Morgan fingerprint density at radius 3 is 2.39 bits per heavy atom. The molecule has 3 aromatic carbocycles.